The molecular weight excluding hydrogens is 466 g/mol. The molecule has 3 rings (SSSR count). The van der Waals surface area contributed by atoms with Crippen LogP contribution in [0.1, 0.15) is 11.1 Å². The summed E-state index contributed by atoms with van der Waals surface area (Å²) in [5.74, 6) is 0.652. The maximum absolute atomic E-state index is 12.6. The summed E-state index contributed by atoms with van der Waals surface area (Å²) in [6.45, 7) is 0. The van der Waals surface area contributed by atoms with Gasteiger partial charge in [0.05, 0.1) is 11.4 Å². The maximum atomic E-state index is 12.6. The Balaban J connectivity index is 1.70. The molecule has 27 heavy (non-hydrogen) atoms. The normalized spacial score (nSPS) is 11.3. The Morgan fingerprint density at radius 1 is 0.889 bits per heavy atom. The second-order valence-corrected chi connectivity index (χ2v) is 9.99. The fraction of sp³-hybridized carbons (Fsp3) is 0.100. The summed E-state index contributed by atoms with van der Waals surface area (Å²) in [6.07, 6.45) is 0. The highest BCUT2D eigenvalue weighted by Crippen LogP contribution is 2.31. The lowest BCUT2D eigenvalue weighted by atomic mass is 10.2. The lowest BCUT2D eigenvalue weighted by Gasteiger charge is -2.12. The van der Waals surface area contributed by atoms with Crippen molar-refractivity contribution in [1.82, 2.24) is 0 Å². The molecule has 3 aromatic rings. The molecule has 0 spiro atoms. The van der Waals surface area contributed by atoms with Crippen LogP contribution in [-0.2, 0) is 21.5 Å². The highest BCUT2D eigenvalue weighted by Gasteiger charge is 2.14. The number of thioether (sulfide) groups is 1. The molecule has 1 N–H and O–H groups in total. The summed E-state index contributed by atoms with van der Waals surface area (Å²) >= 11 is 10.8. The summed E-state index contributed by atoms with van der Waals surface area (Å²) < 4.78 is 28.8. The van der Waals surface area contributed by atoms with Gasteiger partial charge in [0, 0.05) is 20.1 Å². The molecule has 140 valence electrons. The van der Waals surface area contributed by atoms with Gasteiger partial charge in [-0.05, 0) is 47.5 Å². The number of benzene rings is 3. The Morgan fingerprint density at radius 3 is 2.22 bits per heavy atom. The van der Waals surface area contributed by atoms with Gasteiger partial charge < -0.3 is 0 Å². The van der Waals surface area contributed by atoms with E-state index in [4.69, 9.17) is 11.6 Å². The monoisotopic (exact) mass is 481 g/mol. The van der Waals surface area contributed by atoms with Crippen LogP contribution in [-0.4, -0.2) is 8.42 Å². The van der Waals surface area contributed by atoms with E-state index in [1.54, 1.807) is 30.0 Å². The Kier molecular flexibility index (Phi) is 6.87. The number of sulfonamides is 1. The Bertz CT molecular complexity index is 1010. The topological polar surface area (TPSA) is 46.2 Å². The number of para-hydroxylation sites is 1. The molecule has 3 nitrogen and oxygen atoms in total. The minimum Gasteiger partial charge on any atom is -0.282 e. The van der Waals surface area contributed by atoms with Crippen molar-refractivity contribution in [2.45, 2.75) is 16.4 Å². The molecule has 3 aromatic carbocycles. The van der Waals surface area contributed by atoms with E-state index in [0.29, 0.717) is 10.7 Å². The minimum absolute atomic E-state index is 0.0730. The van der Waals surface area contributed by atoms with E-state index in [-0.39, 0.29) is 5.75 Å². The molecule has 0 fully saturated rings. The van der Waals surface area contributed by atoms with E-state index in [9.17, 15) is 8.42 Å². The molecule has 0 amide bonds. The molecular formula is C20H17BrClNO2S2. The third kappa shape index (κ3) is 6.28. The Morgan fingerprint density at radius 2 is 1.52 bits per heavy atom. The van der Waals surface area contributed by atoms with Crippen LogP contribution in [0, 0.1) is 0 Å². The molecule has 0 aliphatic carbocycles. The van der Waals surface area contributed by atoms with Crippen molar-refractivity contribution in [2.24, 2.45) is 0 Å². The summed E-state index contributed by atoms with van der Waals surface area (Å²) in [5.41, 5.74) is 2.45. The maximum Gasteiger partial charge on any atom is 0.236 e. The third-order valence-corrected chi connectivity index (χ3v) is 6.90. The molecule has 0 aliphatic heterocycles. The van der Waals surface area contributed by atoms with Gasteiger partial charge in [-0.15, -0.1) is 11.8 Å². The predicted molar refractivity (Wildman–Crippen MR) is 118 cm³/mol. The van der Waals surface area contributed by atoms with Crippen LogP contribution in [0.4, 0.5) is 5.69 Å². The van der Waals surface area contributed by atoms with E-state index in [1.165, 1.54) is 0 Å². The highest BCUT2D eigenvalue weighted by molar-refractivity contribution is 9.10. The molecule has 0 saturated heterocycles. The van der Waals surface area contributed by atoms with Crippen LogP contribution in [0.2, 0.25) is 5.02 Å². The summed E-state index contributed by atoms with van der Waals surface area (Å²) in [4.78, 5) is 0.881. The van der Waals surface area contributed by atoms with Crippen molar-refractivity contribution < 1.29 is 8.42 Å². The third-order valence-electron chi connectivity index (χ3n) is 3.73. The van der Waals surface area contributed by atoms with E-state index < -0.39 is 10.0 Å². The lowest BCUT2D eigenvalue weighted by molar-refractivity contribution is 0.600. The van der Waals surface area contributed by atoms with Gasteiger partial charge in [-0.1, -0.05) is 63.9 Å². The molecule has 0 radical (unpaired) electrons. The summed E-state index contributed by atoms with van der Waals surface area (Å²) in [7, 11) is -3.51. The first-order valence-electron chi connectivity index (χ1n) is 8.12. The van der Waals surface area contributed by atoms with Crippen molar-refractivity contribution in [1.29, 1.82) is 0 Å². The van der Waals surface area contributed by atoms with E-state index >= 15 is 0 Å². The van der Waals surface area contributed by atoms with Crippen LogP contribution in [0.15, 0.2) is 82.2 Å². The Labute approximate surface area is 177 Å². The van der Waals surface area contributed by atoms with Crippen molar-refractivity contribution in [3.63, 3.8) is 0 Å². The first kappa shape index (κ1) is 20.3. The smallest absolute Gasteiger partial charge is 0.236 e. The van der Waals surface area contributed by atoms with E-state index in [1.807, 2.05) is 54.6 Å². The molecule has 0 saturated carbocycles. The van der Waals surface area contributed by atoms with Crippen LogP contribution in [0.25, 0.3) is 0 Å². The zero-order valence-electron chi connectivity index (χ0n) is 14.2. The van der Waals surface area contributed by atoms with Crippen molar-refractivity contribution in [3.05, 3.63) is 93.4 Å². The van der Waals surface area contributed by atoms with Crippen LogP contribution in [0.5, 0.6) is 0 Å². The largest absolute Gasteiger partial charge is 0.282 e. The van der Waals surface area contributed by atoms with Gasteiger partial charge in [0.2, 0.25) is 10.0 Å². The van der Waals surface area contributed by atoms with Crippen LogP contribution < -0.4 is 4.72 Å². The van der Waals surface area contributed by atoms with Gasteiger partial charge in [-0.2, -0.15) is 0 Å². The molecule has 0 heterocycles. The standard InChI is InChI=1S/C20H17BrClNO2S2/c21-17-9-5-16(6-10-17)14-27(24,25)23-19-3-1-2-4-20(19)26-13-15-7-11-18(22)12-8-15/h1-12,23H,13-14H2. The molecule has 0 bridgehead atoms. The fourth-order valence-corrected chi connectivity index (χ4v) is 5.06. The van der Waals surface area contributed by atoms with Crippen molar-refractivity contribution >= 4 is 55.0 Å². The summed E-state index contributed by atoms with van der Waals surface area (Å²) in [5, 5.41) is 0.699. The minimum atomic E-state index is -3.51. The number of hydrogen-bond acceptors (Lipinski definition) is 3. The van der Waals surface area contributed by atoms with Gasteiger partial charge in [0.15, 0.2) is 0 Å². The van der Waals surface area contributed by atoms with Crippen molar-refractivity contribution in [2.75, 3.05) is 4.72 Å². The highest BCUT2D eigenvalue weighted by atomic mass is 79.9. The first-order valence-corrected chi connectivity index (χ1v) is 11.9. The number of halogens is 2. The van der Waals surface area contributed by atoms with Gasteiger partial charge in [-0.3, -0.25) is 4.72 Å². The van der Waals surface area contributed by atoms with E-state index in [2.05, 4.69) is 20.7 Å². The average molecular weight is 483 g/mol. The van der Waals surface area contributed by atoms with Gasteiger partial charge in [-0.25, -0.2) is 8.42 Å². The SMILES string of the molecule is O=S(=O)(Cc1ccc(Br)cc1)Nc1ccccc1SCc1ccc(Cl)cc1. The second-order valence-electron chi connectivity index (χ2n) is 5.90. The second kappa shape index (κ2) is 9.15. The van der Waals surface area contributed by atoms with Gasteiger partial charge in [0.25, 0.3) is 0 Å². The van der Waals surface area contributed by atoms with Crippen LogP contribution in [0.3, 0.4) is 0 Å². The molecule has 7 heteroatoms. The molecule has 0 atom stereocenters. The predicted octanol–water partition coefficient (Wildman–Crippen LogP) is 6.34. The number of hydrogen-bond donors (Lipinski definition) is 1. The fourth-order valence-electron chi connectivity index (χ4n) is 2.42. The van der Waals surface area contributed by atoms with E-state index in [0.717, 1.165) is 26.2 Å². The Hall–Kier alpha value is -1.47. The quantitative estimate of drug-likeness (QED) is 0.400. The van der Waals surface area contributed by atoms with Gasteiger partial charge in [0.1, 0.15) is 0 Å². The first-order chi connectivity index (χ1) is 12.9. The average Bonchev–Trinajstić information content (AvgIpc) is 2.64. The van der Waals surface area contributed by atoms with Crippen molar-refractivity contribution in [3.8, 4) is 0 Å². The molecule has 0 unspecified atom stereocenters. The number of anilines is 1. The van der Waals surface area contributed by atoms with Gasteiger partial charge >= 0.3 is 0 Å². The lowest BCUT2D eigenvalue weighted by Crippen LogP contribution is -2.15. The zero-order valence-corrected chi connectivity index (χ0v) is 18.2. The van der Waals surface area contributed by atoms with Crippen LogP contribution >= 0.6 is 39.3 Å². The number of nitrogens with one attached hydrogen (secondary N) is 1. The zero-order chi connectivity index (χ0) is 19.3. The number of rotatable bonds is 7. The molecule has 0 aromatic heterocycles. The summed E-state index contributed by atoms with van der Waals surface area (Å²) in [6, 6.07) is 22.3. The molecule has 0 aliphatic rings.